The summed E-state index contributed by atoms with van der Waals surface area (Å²) in [4.78, 5) is 18.0. The van der Waals surface area contributed by atoms with Gasteiger partial charge in [-0.1, -0.05) is 24.8 Å². The molecule has 3 fully saturated rings. The largest absolute Gasteiger partial charge is 0.341 e. The summed E-state index contributed by atoms with van der Waals surface area (Å²) in [6.07, 6.45) is 7.28. The van der Waals surface area contributed by atoms with Crippen LogP contribution < -0.4 is 5.73 Å². The Morgan fingerprint density at radius 2 is 1.88 bits per heavy atom. The van der Waals surface area contributed by atoms with Gasteiger partial charge in [0.1, 0.15) is 35.8 Å². The first-order chi connectivity index (χ1) is 15.9. The lowest BCUT2D eigenvalue weighted by Crippen LogP contribution is -2.34. The molecule has 0 unspecified atom stereocenters. The van der Waals surface area contributed by atoms with E-state index in [-0.39, 0.29) is 12.2 Å². The predicted octanol–water partition coefficient (Wildman–Crippen LogP) is 2.42. The molecule has 0 spiro atoms. The van der Waals surface area contributed by atoms with Crippen LogP contribution in [0, 0.1) is 11.8 Å². The van der Waals surface area contributed by atoms with Crippen LogP contribution in [-0.2, 0) is 19.7 Å². The van der Waals surface area contributed by atoms with Gasteiger partial charge in [0.25, 0.3) is 0 Å². The Kier molecular flexibility index (Phi) is 4.74. The first kappa shape index (κ1) is 20.7. The van der Waals surface area contributed by atoms with Gasteiger partial charge in [-0.05, 0) is 44.7 Å². The fourth-order valence-electron chi connectivity index (χ4n) is 5.14. The molecule has 0 bridgehead atoms. The Morgan fingerprint density at radius 1 is 1.06 bits per heavy atom. The lowest BCUT2D eigenvalue weighted by molar-refractivity contribution is -0.190. The number of rotatable bonds is 2. The molecule has 0 aromatic carbocycles. The summed E-state index contributed by atoms with van der Waals surface area (Å²) in [6, 6.07) is 5.62. The zero-order valence-corrected chi connectivity index (χ0v) is 18.6. The highest BCUT2D eigenvalue weighted by molar-refractivity contribution is 5.74. The van der Waals surface area contributed by atoms with E-state index >= 15 is 0 Å². The van der Waals surface area contributed by atoms with Crippen molar-refractivity contribution in [3.63, 3.8) is 0 Å². The van der Waals surface area contributed by atoms with Gasteiger partial charge in [0.05, 0.1) is 17.6 Å². The van der Waals surface area contributed by atoms with Gasteiger partial charge in [-0.25, -0.2) is 19.9 Å². The van der Waals surface area contributed by atoms with Crippen LogP contribution in [0.1, 0.15) is 57.1 Å². The maximum Gasteiger partial charge on any atom is 0.167 e. The van der Waals surface area contributed by atoms with E-state index in [1.165, 1.54) is 0 Å². The molecular weight excluding hydrogens is 420 g/mol. The van der Waals surface area contributed by atoms with Crippen molar-refractivity contribution in [1.82, 2.24) is 24.5 Å². The van der Waals surface area contributed by atoms with Gasteiger partial charge >= 0.3 is 0 Å². The Balaban J connectivity index is 1.38. The van der Waals surface area contributed by atoms with Crippen molar-refractivity contribution >= 4 is 11.2 Å². The highest BCUT2D eigenvalue weighted by atomic mass is 16.8. The highest BCUT2D eigenvalue weighted by Crippen LogP contribution is 2.44. The molecule has 2 saturated heterocycles. The van der Waals surface area contributed by atoms with Gasteiger partial charge in [0.2, 0.25) is 0 Å². The fraction of sp³-hybridized carbons (Fsp3) is 0.500. The van der Waals surface area contributed by atoms with E-state index in [0.717, 1.165) is 31.4 Å². The quantitative estimate of drug-likeness (QED) is 0.598. The maximum absolute atomic E-state index is 6.71. The lowest BCUT2D eigenvalue weighted by Gasteiger charge is -2.24. The van der Waals surface area contributed by atoms with Crippen LogP contribution in [0.5, 0.6) is 0 Å². The Morgan fingerprint density at radius 3 is 2.67 bits per heavy atom. The fourth-order valence-corrected chi connectivity index (χ4v) is 5.14. The number of hydrogen-bond acceptors (Lipinski definition) is 8. The number of aromatic nitrogens is 5. The van der Waals surface area contributed by atoms with Crippen molar-refractivity contribution in [3.8, 4) is 11.8 Å². The Bertz CT molecular complexity index is 1240. The second-order valence-electron chi connectivity index (χ2n) is 9.41. The van der Waals surface area contributed by atoms with E-state index < -0.39 is 23.7 Å². The summed E-state index contributed by atoms with van der Waals surface area (Å²) in [5, 5.41) is 0. The Labute approximate surface area is 191 Å². The summed E-state index contributed by atoms with van der Waals surface area (Å²) in [5.41, 5.74) is 9.10. The van der Waals surface area contributed by atoms with E-state index in [0.29, 0.717) is 16.9 Å². The van der Waals surface area contributed by atoms with Crippen LogP contribution in [0.25, 0.3) is 11.2 Å². The van der Waals surface area contributed by atoms with Crippen molar-refractivity contribution < 1.29 is 14.2 Å². The summed E-state index contributed by atoms with van der Waals surface area (Å²) in [5.74, 6) is 5.53. The molecule has 1 saturated carbocycles. The third kappa shape index (κ3) is 3.50. The van der Waals surface area contributed by atoms with Gasteiger partial charge < -0.3 is 19.9 Å². The molecule has 33 heavy (non-hydrogen) atoms. The normalized spacial score (nSPS) is 29.7. The van der Waals surface area contributed by atoms with E-state index in [1.807, 2.05) is 36.6 Å². The number of fused-ring (bicyclic) bond motifs is 2. The summed E-state index contributed by atoms with van der Waals surface area (Å²) in [7, 11) is 0. The third-order valence-corrected chi connectivity index (χ3v) is 6.64. The number of imidazole rings is 1. The van der Waals surface area contributed by atoms with Crippen molar-refractivity contribution in [2.45, 2.75) is 75.4 Å². The van der Waals surface area contributed by atoms with E-state index in [1.54, 1.807) is 18.9 Å². The second-order valence-corrected chi connectivity index (χ2v) is 9.41. The molecular formula is C24H26N6O3. The van der Waals surface area contributed by atoms with Crippen molar-refractivity contribution in [1.29, 1.82) is 0 Å². The smallest absolute Gasteiger partial charge is 0.167 e. The molecule has 9 nitrogen and oxygen atoms in total. The van der Waals surface area contributed by atoms with E-state index in [4.69, 9.17) is 19.9 Å². The van der Waals surface area contributed by atoms with Gasteiger partial charge in [-0.2, -0.15) is 0 Å². The molecule has 0 amide bonds. The Hall–Kier alpha value is -2.90. The molecule has 0 radical (unpaired) electrons. The lowest BCUT2D eigenvalue weighted by atomic mass is 9.94. The molecule has 4 atom stereocenters. The van der Waals surface area contributed by atoms with Crippen LogP contribution in [0.3, 0.4) is 0 Å². The summed E-state index contributed by atoms with van der Waals surface area (Å²) in [6.45, 7) is 3.80. The molecule has 170 valence electrons. The van der Waals surface area contributed by atoms with Crippen LogP contribution in [0.15, 0.2) is 37.1 Å². The molecule has 1 aliphatic carbocycles. The monoisotopic (exact) mass is 446 g/mol. The van der Waals surface area contributed by atoms with Crippen LogP contribution in [0.2, 0.25) is 0 Å². The van der Waals surface area contributed by atoms with E-state index in [9.17, 15) is 0 Å². The SMILES string of the molecule is CC1(C)O[C@@H]2[C@H](O1)[C@@H](C#Cc1ccccn1)O[C@H]2n1cnc2c(C3(N)CCCC3)ncnc21. The van der Waals surface area contributed by atoms with Gasteiger partial charge in [-0.15, -0.1) is 0 Å². The zero-order chi connectivity index (χ0) is 22.6. The topological polar surface area (TPSA) is 110 Å². The first-order valence-corrected chi connectivity index (χ1v) is 11.3. The molecule has 6 rings (SSSR count). The molecule has 2 aliphatic heterocycles. The van der Waals surface area contributed by atoms with Crippen LogP contribution in [0.4, 0.5) is 0 Å². The highest BCUT2D eigenvalue weighted by Gasteiger charge is 2.56. The third-order valence-electron chi connectivity index (χ3n) is 6.64. The average Bonchev–Trinajstić information content (AvgIpc) is 3.56. The predicted molar refractivity (Wildman–Crippen MR) is 119 cm³/mol. The average molecular weight is 447 g/mol. The second kappa shape index (κ2) is 7.57. The minimum atomic E-state index is -0.746. The first-order valence-electron chi connectivity index (χ1n) is 11.3. The van der Waals surface area contributed by atoms with Crippen LogP contribution in [-0.4, -0.2) is 48.6 Å². The minimum Gasteiger partial charge on any atom is -0.341 e. The molecule has 5 heterocycles. The summed E-state index contributed by atoms with van der Waals surface area (Å²) >= 11 is 0. The number of hydrogen-bond donors (Lipinski definition) is 1. The van der Waals surface area contributed by atoms with E-state index in [2.05, 4.69) is 31.8 Å². The molecule has 3 aliphatic rings. The molecule has 9 heteroatoms. The van der Waals surface area contributed by atoms with Gasteiger partial charge in [0.15, 0.2) is 17.7 Å². The minimum absolute atomic E-state index is 0.351. The maximum atomic E-state index is 6.71. The van der Waals surface area contributed by atoms with Gasteiger partial charge in [0, 0.05) is 6.20 Å². The zero-order valence-electron chi connectivity index (χ0n) is 18.6. The number of nitrogens with zero attached hydrogens (tertiary/aromatic N) is 5. The number of ether oxygens (including phenoxy) is 3. The van der Waals surface area contributed by atoms with Crippen molar-refractivity contribution in [2.24, 2.45) is 5.73 Å². The van der Waals surface area contributed by atoms with Crippen molar-refractivity contribution in [2.75, 3.05) is 0 Å². The number of nitrogens with two attached hydrogens (primary N) is 1. The number of pyridine rings is 1. The van der Waals surface area contributed by atoms with Crippen molar-refractivity contribution in [3.05, 3.63) is 48.4 Å². The van der Waals surface area contributed by atoms with Crippen LogP contribution >= 0.6 is 0 Å². The summed E-state index contributed by atoms with van der Waals surface area (Å²) < 4.78 is 20.7. The molecule has 2 N–H and O–H groups in total. The molecule has 3 aromatic rings. The standard InChI is InChI=1S/C24H26N6O3/c1-23(2)32-18-16(9-8-15-7-3-6-12-26-15)31-22(19(18)33-23)30-14-29-17-20(27-13-28-21(17)30)24(25)10-4-5-11-24/h3,6-7,12-14,16,18-19,22H,4-5,10-11,25H2,1-2H3/t16-,18-,19-,22-/m1/s1. The van der Waals surface area contributed by atoms with Gasteiger partial charge in [-0.3, -0.25) is 4.57 Å². The molecule has 3 aromatic heterocycles.